The molecular weight excluding hydrogens is 468 g/mol. The summed E-state index contributed by atoms with van der Waals surface area (Å²) in [6, 6.07) is 14.2. The Morgan fingerprint density at radius 3 is 2.32 bits per heavy atom. The van der Waals surface area contributed by atoms with E-state index in [1.165, 1.54) is 22.7 Å². The van der Waals surface area contributed by atoms with Gasteiger partial charge in [-0.2, -0.15) is 4.58 Å². The van der Waals surface area contributed by atoms with Crippen LogP contribution in [0.5, 0.6) is 0 Å². The minimum absolute atomic E-state index is 0.0251. The molecule has 0 spiro atoms. The maximum atomic E-state index is 11.6. The van der Waals surface area contributed by atoms with Crippen molar-refractivity contribution in [2.45, 2.75) is 65.2 Å². The number of nitrogens with zero attached hydrogens (tertiary/aromatic N) is 2. The predicted octanol–water partition coefficient (Wildman–Crippen LogP) is 7.93. The summed E-state index contributed by atoms with van der Waals surface area (Å²) in [6.45, 7) is 15.3. The second-order valence-electron chi connectivity index (χ2n) is 11.2. The summed E-state index contributed by atoms with van der Waals surface area (Å²) in [5, 5.41) is 9.49. The second kappa shape index (κ2) is 11.0. The Hall–Kier alpha value is -3.66. The number of carboxylic acids is 1. The molecule has 4 rings (SSSR count). The molecule has 1 N–H and O–H groups in total. The summed E-state index contributed by atoms with van der Waals surface area (Å²) >= 11 is 0. The van der Waals surface area contributed by atoms with Crippen molar-refractivity contribution in [2.75, 3.05) is 18.0 Å². The topological polar surface area (TPSA) is 43.5 Å². The normalized spacial score (nSPS) is 18.9. The number of aromatic carboxylic acids is 1. The maximum Gasteiger partial charge on any atom is 0.335 e. The summed E-state index contributed by atoms with van der Waals surface area (Å²) in [5.41, 5.74) is 7.44. The molecule has 0 atom stereocenters. The lowest BCUT2D eigenvalue weighted by Gasteiger charge is -2.26. The number of carboxylic acid groups (broad SMARTS) is 1. The Labute approximate surface area is 228 Å². The molecule has 4 heteroatoms. The number of hydrogen-bond donors (Lipinski definition) is 1. The Bertz CT molecular complexity index is 1370. The lowest BCUT2D eigenvalue weighted by Crippen LogP contribution is -2.27. The summed E-state index contributed by atoms with van der Waals surface area (Å²) in [4.78, 5) is 13.9. The van der Waals surface area contributed by atoms with Crippen LogP contribution in [-0.2, 0) is 10.8 Å². The summed E-state index contributed by atoms with van der Waals surface area (Å²) in [5.74, 6) is -0.887. The first-order valence-electron chi connectivity index (χ1n) is 13.8. The summed E-state index contributed by atoms with van der Waals surface area (Å²) < 4.78 is 2.46. The molecule has 0 aliphatic carbocycles. The van der Waals surface area contributed by atoms with Crippen LogP contribution in [0, 0.1) is 0 Å². The minimum Gasteiger partial charge on any atom is -0.478 e. The number of rotatable bonds is 9. The quantitative estimate of drug-likeness (QED) is 0.276. The van der Waals surface area contributed by atoms with Crippen LogP contribution in [0.25, 0.3) is 0 Å². The van der Waals surface area contributed by atoms with Crippen molar-refractivity contribution in [3.8, 4) is 0 Å². The standard InChI is InChI=1S/C34H40N2O2/c1-7-22-35-28-17-15-14-16-26(28)33(3,4)30(35)18-12-10-9-11-13-19-31-34(5,6)27-24-25(32(37)38)20-21-29(27)36(31)23-8-2/h9-21,24H,7-8,22-23H2,1-6H3/p+1. The Morgan fingerprint density at radius 1 is 0.895 bits per heavy atom. The van der Waals surface area contributed by atoms with Crippen molar-refractivity contribution in [3.05, 3.63) is 107 Å². The molecule has 2 aliphatic rings. The first-order valence-corrected chi connectivity index (χ1v) is 13.8. The van der Waals surface area contributed by atoms with Crippen LogP contribution in [0.4, 0.5) is 11.4 Å². The number of anilines is 1. The molecule has 0 saturated carbocycles. The largest absolute Gasteiger partial charge is 0.478 e. The fourth-order valence-electron chi connectivity index (χ4n) is 5.86. The van der Waals surface area contributed by atoms with Gasteiger partial charge in [0.05, 0.1) is 11.0 Å². The average molecular weight is 510 g/mol. The van der Waals surface area contributed by atoms with Crippen LogP contribution in [0.15, 0.2) is 90.7 Å². The van der Waals surface area contributed by atoms with E-state index in [0.717, 1.165) is 37.2 Å². The number of allylic oxidation sites excluding steroid dienone is 8. The zero-order chi connectivity index (χ0) is 27.5. The van der Waals surface area contributed by atoms with Gasteiger partial charge in [-0.1, -0.05) is 76.3 Å². The van der Waals surface area contributed by atoms with E-state index < -0.39 is 5.97 Å². The van der Waals surface area contributed by atoms with E-state index in [1.807, 2.05) is 12.1 Å². The third kappa shape index (κ3) is 4.92. The number of hydrogen-bond acceptors (Lipinski definition) is 2. The van der Waals surface area contributed by atoms with Crippen molar-refractivity contribution >= 4 is 23.1 Å². The molecule has 0 unspecified atom stereocenters. The highest BCUT2D eigenvalue weighted by Crippen LogP contribution is 2.48. The third-order valence-corrected chi connectivity index (χ3v) is 7.79. The van der Waals surface area contributed by atoms with Gasteiger partial charge < -0.3 is 10.0 Å². The lowest BCUT2D eigenvalue weighted by atomic mass is 9.81. The van der Waals surface area contributed by atoms with E-state index in [-0.39, 0.29) is 10.8 Å². The molecule has 2 aliphatic heterocycles. The highest BCUT2D eigenvalue weighted by atomic mass is 16.4. The number of benzene rings is 2. The second-order valence-corrected chi connectivity index (χ2v) is 11.2. The average Bonchev–Trinajstić information content (AvgIpc) is 3.23. The van der Waals surface area contributed by atoms with Gasteiger partial charge in [0, 0.05) is 47.5 Å². The van der Waals surface area contributed by atoms with Crippen molar-refractivity contribution in [1.82, 2.24) is 0 Å². The Balaban J connectivity index is 1.54. The van der Waals surface area contributed by atoms with E-state index >= 15 is 0 Å². The zero-order valence-corrected chi connectivity index (χ0v) is 23.7. The molecule has 2 aromatic rings. The molecule has 2 aromatic carbocycles. The van der Waals surface area contributed by atoms with Gasteiger partial charge >= 0.3 is 5.97 Å². The van der Waals surface area contributed by atoms with Crippen molar-refractivity contribution in [2.24, 2.45) is 0 Å². The highest BCUT2D eigenvalue weighted by Gasteiger charge is 2.43. The summed E-state index contributed by atoms with van der Waals surface area (Å²) in [6.07, 6.45) is 17.0. The van der Waals surface area contributed by atoms with E-state index in [2.05, 4.69) is 118 Å². The molecule has 0 fully saturated rings. The highest BCUT2D eigenvalue weighted by molar-refractivity contribution is 6.03. The van der Waals surface area contributed by atoms with E-state index in [0.29, 0.717) is 5.56 Å². The first-order chi connectivity index (χ1) is 18.1. The zero-order valence-electron chi connectivity index (χ0n) is 23.7. The van der Waals surface area contributed by atoms with Crippen molar-refractivity contribution < 1.29 is 14.5 Å². The monoisotopic (exact) mass is 509 g/mol. The van der Waals surface area contributed by atoms with Gasteiger partial charge in [-0.05, 0) is 50.1 Å². The molecule has 0 amide bonds. The number of carbonyl (C=O) groups is 1. The molecule has 38 heavy (non-hydrogen) atoms. The van der Waals surface area contributed by atoms with Crippen LogP contribution in [0.1, 0.15) is 75.9 Å². The van der Waals surface area contributed by atoms with Gasteiger partial charge in [-0.15, -0.1) is 0 Å². The van der Waals surface area contributed by atoms with E-state index in [1.54, 1.807) is 6.07 Å². The molecule has 4 nitrogen and oxygen atoms in total. The Morgan fingerprint density at radius 2 is 1.61 bits per heavy atom. The Kier molecular flexibility index (Phi) is 7.91. The smallest absolute Gasteiger partial charge is 0.335 e. The minimum atomic E-state index is -0.887. The third-order valence-electron chi connectivity index (χ3n) is 7.79. The molecule has 0 saturated heterocycles. The molecule has 0 bridgehead atoms. The molecular formula is C34H41N2O2+. The molecule has 198 valence electrons. The van der Waals surface area contributed by atoms with Crippen LogP contribution < -0.4 is 4.90 Å². The fourth-order valence-corrected chi connectivity index (χ4v) is 5.86. The van der Waals surface area contributed by atoms with Crippen molar-refractivity contribution in [1.29, 1.82) is 0 Å². The van der Waals surface area contributed by atoms with E-state index in [9.17, 15) is 9.90 Å². The van der Waals surface area contributed by atoms with Crippen LogP contribution in [-0.4, -0.2) is 34.5 Å². The van der Waals surface area contributed by atoms with Crippen LogP contribution in [0.2, 0.25) is 0 Å². The number of fused-ring (bicyclic) bond motifs is 2. The van der Waals surface area contributed by atoms with Crippen LogP contribution in [0.3, 0.4) is 0 Å². The van der Waals surface area contributed by atoms with Gasteiger partial charge in [0.1, 0.15) is 6.54 Å². The van der Waals surface area contributed by atoms with Gasteiger partial charge in [0.15, 0.2) is 5.71 Å². The molecule has 0 radical (unpaired) electrons. The first kappa shape index (κ1) is 27.4. The SMILES string of the molecule is CCCN1/C(=C/C=C/C=C/C=C/C2=[N+](CCC)c3ccccc3C2(C)C)C(C)(C)c2cc(C(=O)O)ccc21. The molecule has 2 heterocycles. The van der Waals surface area contributed by atoms with Crippen molar-refractivity contribution in [3.63, 3.8) is 0 Å². The molecule has 0 aromatic heterocycles. The maximum absolute atomic E-state index is 11.6. The van der Waals surface area contributed by atoms with Gasteiger partial charge in [-0.25, -0.2) is 4.79 Å². The van der Waals surface area contributed by atoms with Gasteiger partial charge in [0.2, 0.25) is 5.69 Å². The summed E-state index contributed by atoms with van der Waals surface area (Å²) in [7, 11) is 0. The van der Waals surface area contributed by atoms with Gasteiger partial charge in [-0.3, -0.25) is 0 Å². The van der Waals surface area contributed by atoms with Gasteiger partial charge in [0.25, 0.3) is 0 Å². The fraction of sp³-hybridized carbons (Fsp3) is 0.353. The predicted molar refractivity (Wildman–Crippen MR) is 159 cm³/mol. The van der Waals surface area contributed by atoms with Crippen LogP contribution >= 0.6 is 0 Å². The number of para-hydroxylation sites is 1. The van der Waals surface area contributed by atoms with E-state index in [4.69, 9.17) is 0 Å². The lowest BCUT2D eigenvalue weighted by molar-refractivity contribution is -0.437.